The van der Waals surface area contributed by atoms with E-state index < -0.39 is 0 Å². The van der Waals surface area contributed by atoms with E-state index in [-0.39, 0.29) is 0 Å². The number of nitrogens with zero attached hydrogens (tertiary/aromatic N) is 2. The highest BCUT2D eigenvalue weighted by molar-refractivity contribution is 5.55. The predicted octanol–water partition coefficient (Wildman–Crippen LogP) is 2.85. The fourth-order valence-electron chi connectivity index (χ4n) is 2.21. The molecule has 1 aliphatic rings. The lowest BCUT2D eigenvalue weighted by atomic mass is 10.2. The zero-order valence-electron chi connectivity index (χ0n) is 11.0. The second-order valence-electron chi connectivity index (χ2n) is 5.22. The second kappa shape index (κ2) is 4.90. The lowest BCUT2D eigenvalue weighted by Crippen LogP contribution is -2.18. The number of hydrogen-bond donors (Lipinski definition) is 2. The fraction of sp³-hybridized carbons (Fsp3) is 0.692. The molecule has 17 heavy (non-hydrogen) atoms. The van der Waals surface area contributed by atoms with Crippen molar-refractivity contribution >= 4 is 11.6 Å². The number of aromatic nitrogens is 2. The first-order valence-corrected chi connectivity index (χ1v) is 6.48. The van der Waals surface area contributed by atoms with E-state index in [1.165, 1.54) is 25.7 Å². The van der Waals surface area contributed by atoms with E-state index in [0.29, 0.717) is 17.8 Å². The van der Waals surface area contributed by atoms with Gasteiger partial charge < -0.3 is 11.1 Å². The van der Waals surface area contributed by atoms with Gasteiger partial charge in [-0.15, -0.1) is 0 Å². The molecule has 0 bridgehead atoms. The van der Waals surface area contributed by atoms with E-state index in [1.54, 1.807) is 0 Å². The summed E-state index contributed by atoms with van der Waals surface area (Å²) in [6.45, 7) is 6.16. The van der Waals surface area contributed by atoms with Crippen molar-refractivity contribution in [1.82, 2.24) is 9.97 Å². The maximum absolute atomic E-state index is 5.94. The van der Waals surface area contributed by atoms with Gasteiger partial charge in [-0.3, -0.25) is 0 Å². The first-order valence-electron chi connectivity index (χ1n) is 6.48. The third kappa shape index (κ3) is 2.68. The van der Waals surface area contributed by atoms with Gasteiger partial charge in [0, 0.05) is 17.5 Å². The van der Waals surface area contributed by atoms with E-state index in [0.717, 1.165) is 17.2 Å². The summed E-state index contributed by atoms with van der Waals surface area (Å²) in [6, 6.07) is 0.558. The number of nitrogen functional groups attached to an aromatic ring is 1. The first kappa shape index (κ1) is 12.1. The molecule has 0 unspecified atom stereocenters. The van der Waals surface area contributed by atoms with Crippen LogP contribution in [0.3, 0.4) is 0 Å². The molecule has 2 rings (SSSR count). The molecule has 1 aliphatic carbocycles. The Balaban J connectivity index is 2.24. The molecule has 0 saturated heterocycles. The van der Waals surface area contributed by atoms with E-state index in [1.807, 2.05) is 6.92 Å². The van der Waals surface area contributed by atoms with Gasteiger partial charge in [0.05, 0.1) is 0 Å². The Hall–Kier alpha value is -1.32. The Kier molecular flexibility index (Phi) is 3.50. The Labute approximate surface area is 103 Å². The summed E-state index contributed by atoms with van der Waals surface area (Å²) in [5.74, 6) is 2.66. The average Bonchev–Trinajstić information content (AvgIpc) is 2.77. The van der Waals surface area contributed by atoms with Crippen LogP contribution in [0.1, 0.15) is 56.8 Å². The molecule has 0 amide bonds. The number of nitrogens with two attached hydrogens (primary N) is 1. The number of rotatable bonds is 3. The highest BCUT2D eigenvalue weighted by atomic mass is 15.1. The summed E-state index contributed by atoms with van der Waals surface area (Å²) < 4.78 is 0. The molecule has 0 aliphatic heterocycles. The van der Waals surface area contributed by atoms with Crippen molar-refractivity contribution < 1.29 is 0 Å². The summed E-state index contributed by atoms with van der Waals surface area (Å²) in [5.41, 5.74) is 6.92. The molecule has 1 aromatic heterocycles. The molecule has 0 radical (unpaired) electrons. The lowest BCUT2D eigenvalue weighted by Gasteiger charge is -2.17. The van der Waals surface area contributed by atoms with Gasteiger partial charge in [0.15, 0.2) is 0 Å². The van der Waals surface area contributed by atoms with Crippen molar-refractivity contribution in [2.24, 2.45) is 0 Å². The van der Waals surface area contributed by atoms with Crippen LogP contribution in [0.5, 0.6) is 0 Å². The lowest BCUT2D eigenvalue weighted by molar-refractivity contribution is 0.733. The zero-order chi connectivity index (χ0) is 12.4. The van der Waals surface area contributed by atoms with E-state index >= 15 is 0 Å². The van der Waals surface area contributed by atoms with Crippen molar-refractivity contribution in [2.75, 3.05) is 11.1 Å². The highest BCUT2D eigenvalue weighted by Crippen LogP contribution is 2.26. The Morgan fingerprint density at radius 2 is 1.88 bits per heavy atom. The normalized spacial score (nSPS) is 16.7. The third-order valence-corrected chi connectivity index (χ3v) is 3.41. The summed E-state index contributed by atoms with van der Waals surface area (Å²) in [4.78, 5) is 8.93. The SMILES string of the molecule is Cc1c(N)nc(C(C)C)nc1NC1CCCC1. The average molecular weight is 234 g/mol. The topological polar surface area (TPSA) is 63.8 Å². The highest BCUT2D eigenvalue weighted by Gasteiger charge is 2.18. The molecule has 0 atom stereocenters. The number of anilines is 2. The summed E-state index contributed by atoms with van der Waals surface area (Å²) in [7, 11) is 0. The van der Waals surface area contributed by atoms with Crippen LogP contribution in [0.2, 0.25) is 0 Å². The van der Waals surface area contributed by atoms with Crippen LogP contribution in [0.15, 0.2) is 0 Å². The van der Waals surface area contributed by atoms with Crippen molar-refractivity contribution in [2.45, 2.75) is 58.4 Å². The summed E-state index contributed by atoms with van der Waals surface area (Å²) in [5, 5.41) is 3.51. The van der Waals surface area contributed by atoms with Crippen molar-refractivity contribution in [3.8, 4) is 0 Å². The van der Waals surface area contributed by atoms with Gasteiger partial charge in [-0.05, 0) is 19.8 Å². The summed E-state index contributed by atoms with van der Waals surface area (Å²) in [6.07, 6.45) is 5.10. The number of nitrogens with one attached hydrogen (secondary N) is 1. The minimum absolute atomic E-state index is 0.307. The van der Waals surface area contributed by atoms with Crippen LogP contribution in [0.4, 0.5) is 11.6 Å². The first-order chi connectivity index (χ1) is 8.08. The van der Waals surface area contributed by atoms with E-state index in [4.69, 9.17) is 5.73 Å². The van der Waals surface area contributed by atoms with Gasteiger partial charge >= 0.3 is 0 Å². The van der Waals surface area contributed by atoms with Crippen LogP contribution in [-0.2, 0) is 0 Å². The van der Waals surface area contributed by atoms with Crippen LogP contribution in [-0.4, -0.2) is 16.0 Å². The van der Waals surface area contributed by atoms with Gasteiger partial charge in [-0.25, -0.2) is 9.97 Å². The molecule has 1 fully saturated rings. The van der Waals surface area contributed by atoms with E-state index in [2.05, 4.69) is 29.1 Å². The van der Waals surface area contributed by atoms with Crippen LogP contribution in [0.25, 0.3) is 0 Å². The van der Waals surface area contributed by atoms with Gasteiger partial charge in [0.25, 0.3) is 0 Å². The second-order valence-corrected chi connectivity index (χ2v) is 5.22. The van der Waals surface area contributed by atoms with Crippen LogP contribution in [0, 0.1) is 6.92 Å². The number of hydrogen-bond acceptors (Lipinski definition) is 4. The molecule has 4 heteroatoms. The monoisotopic (exact) mass is 234 g/mol. The molecule has 4 nitrogen and oxygen atoms in total. The van der Waals surface area contributed by atoms with E-state index in [9.17, 15) is 0 Å². The Morgan fingerprint density at radius 1 is 1.24 bits per heavy atom. The van der Waals surface area contributed by atoms with Gasteiger partial charge in [0.2, 0.25) is 0 Å². The fourth-order valence-corrected chi connectivity index (χ4v) is 2.21. The predicted molar refractivity (Wildman–Crippen MR) is 71.1 cm³/mol. The molecule has 0 spiro atoms. The Morgan fingerprint density at radius 3 is 2.47 bits per heavy atom. The molecular formula is C13H22N4. The molecular weight excluding hydrogens is 212 g/mol. The standard InChI is InChI=1S/C13H22N4/c1-8(2)12-16-11(14)9(3)13(17-12)15-10-6-4-5-7-10/h8,10H,4-7H2,1-3H3,(H3,14,15,16,17). The molecule has 3 N–H and O–H groups in total. The van der Waals surface area contributed by atoms with Crippen LogP contribution < -0.4 is 11.1 Å². The quantitative estimate of drug-likeness (QED) is 0.844. The van der Waals surface area contributed by atoms with Crippen LogP contribution >= 0.6 is 0 Å². The molecule has 1 aromatic rings. The largest absolute Gasteiger partial charge is 0.383 e. The maximum Gasteiger partial charge on any atom is 0.135 e. The third-order valence-electron chi connectivity index (χ3n) is 3.41. The zero-order valence-corrected chi connectivity index (χ0v) is 11.0. The smallest absolute Gasteiger partial charge is 0.135 e. The van der Waals surface area contributed by atoms with Gasteiger partial charge in [0.1, 0.15) is 17.5 Å². The maximum atomic E-state index is 5.94. The molecule has 0 aromatic carbocycles. The van der Waals surface area contributed by atoms with Crippen molar-refractivity contribution in [3.05, 3.63) is 11.4 Å². The summed E-state index contributed by atoms with van der Waals surface area (Å²) >= 11 is 0. The van der Waals surface area contributed by atoms with Gasteiger partial charge in [-0.2, -0.15) is 0 Å². The minimum Gasteiger partial charge on any atom is -0.383 e. The Bertz CT molecular complexity index is 395. The van der Waals surface area contributed by atoms with Gasteiger partial charge in [-0.1, -0.05) is 26.7 Å². The minimum atomic E-state index is 0.307. The molecule has 94 valence electrons. The van der Waals surface area contributed by atoms with Crippen molar-refractivity contribution in [3.63, 3.8) is 0 Å². The van der Waals surface area contributed by atoms with Crippen molar-refractivity contribution in [1.29, 1.82) is 0 Å². The molecule has 1 saturated carbocycles. The molecule has 1 heterocycles.